The van der Waals surface area contributed by atoms with Gasteiger partial charge in [-0.3, -0.25) is 4.57 Å². The fourth-order valence-corrected chi connectivity index (χ4v) is 1.93. The van der Waals surface area contributed by atoms with Gasteiger partial charge in [-0.15, -0.1) is 0 Å². The predicted molar refractivity (Wildman–Crippen MR) is 69.9 cm³/mol. The Morgan fingerprint density at radius 3 is 2.88 bits per heavy atom. The molecule has 0 fully saturated rings. The molecule has 1 N–H and O–H groups in total. The summed E-state index contributed by atoms with van der Waals surface area (Å²) >= 11 is 1.53. The molecule has 2 heterocycles. The lowest BCUT2D eigenvalue weighted by Crippen LogP contribution is -2.05. The van der Waals surface area contributed by atoms with Crippen molar-refractivity contribution in [2.75, 3.05) is 18.6 Å². The van der Waals surface area contributed by atoms with Crippen molar-refractivity contribution in [1.29, 1.82) is 0 Å². The van der Waals surface area contributed by atoms with Crippen molar-refractivity contribution < 1.29 is 0 Å². The van der Waals surface area contributed by atoms with Gasteiger partial charge in [0.05, 0.1) is 0 Å². The first kappa shape index (κ1) is 11.9. The van der Waals surface area contributed by atoms with Crippen LogP contribution in [0.1, 0.15) is 12.7 Å². The van der Waals surface area contributed by atoms with Crippen LogP contribution >= 0.6 is 11.8 Å². The lowest BCUT2D eigenvalue weighted by atomic mass is 10.4. The van der Waals surface area contributed by atoms with Crippen LogP contribution in [0.2, 0.25) is 0 Å². The molecule has 0 aromatic carbocycles. The number of hydrogen-bond donors (Lipinski definition) is 1. The maximum Gasteiger partial charge on any atom is 0.191 e. The highest BCUT2D eigenvalue weighted by atomic mass is 32.2. The molecule has 2 aromatic heterocycles. The second kappa shape index (κ2) is 5.18. The van der Waals surface area contributed by atoms with Gasteiger partial charge in [0.25, 0.3) is 0 Å². The minimum absolute atomic E-state index is 0.752. The van der Waals surface area contributed by atoms with Gasteiger partial charge in [0.15, 0.2) is 5.16 Å². The Balaban J connectivity index is 2.51. The van der Waals surface area contributed by atoms with Crippen LogP contribution < -0.4 is 5.32 Å². The zero-order chi connectivity index (χ0) is 12.3. The average Bonchev–Trinajstić information content (AvgIpc) is 2.86. The zero-order valence-corrected chi connectivity index (χ0v) is 11.0. The van der Waals surface area contributed by atoms with Crippen molar-refractivity contribution in [3.05, 3.63) is 24.3 Å². The van der Waals surface area contributed by atoms with E-state index in [1.54, 1.807) is 6.20 Å². The van der Waals surface area contributed by atoms with Crippen molar-refractivity contribution >= 4 is 17.6 Å². The van der Waals surface area contributed by atoms with Crippen LogP contribution in [0.15, 0.2) is 23.6 Å². The summed E-state index contributed by atoms with van der Waals surface area (Å²) in [7, 11) is 1.85. The van der Waals surface area contributed by atoms with E-state index in [0.717, 1.165) is 29.0 Å². The predicted octanol–water partition coefficient (Wildman–Crippen LogP) is 1.99. The molecule has 2 aromatic rings. The molecule has 5 nitrogen and oxygen atoms in total. The summed E-state index contributed by atoms with van der Waals surface area (Å²) in [6.45, 7) is 2.08. The van der Waals surface area contributed by atoms with Crippen molar-refractivity contribution in [3.63, 3.8) is 0 Å². The van der Waals surface area contributed by atoms with Gasteiger partial charge < -0.3 is 5.32 Å². The summed E-state index contributed by atoms with van der Waals surface area (Å²) in [4.78, 5) is 13.1. The largest absolute Gasteiger partial charge is 0.373 e. The number of nitrogens with zero attached hydrogens (tertiary/aromatic N) is 4. The van der Waals surface area contributed by atoms with Crippen LogP contribution in [0.5, 0.6) is 0 Å². The average molecular weight is 249 g/mol. The van der Waals surface area contributed by atoms with Crippen molar-refractivity contribution in [2.45, 2.75) is 18.5 Å². The van der Waals surface area contributed by atoms with E-state index in [9.17, 15) is 0 Å². The summed E-state index contributed by atoms with van der Waals surface area (Å²) < 4.78 is 1.99. The number of aryl methyl sites for hydroxylation is 1. The van der Waals surface area contributed by atoms with Gasteiger partial charge in [-0.1, -0.05) is 18.7 Å². The second-order valence-electron chi connectivity index (χ2n) is 3.42. The van der Waals surface area contributed by atoms with Crippen LogP contribution in [0.3, 0.4) is 0 Å². The summed E-state index contributed by atoms with van der Waals surface area (Å²) in [5, 5.41) is 3.80. The first-order chi connectivity index (χ1) is 8.28. The van der Waals surface area contributed by atoms with Crippen molar-refractivity contribution in [3.8, 4) is 5.82 Å². The molecule has 0 saturated heterocycles. The van der Waals surface area contributed by atoms with Gasteiger partial charge >= 0.3 is 0 Å². The summed E-state index contributed by atoms with van der Waals surface area (Å²) in [5.41, 5.74) is 0. The molecule has 0 spiro atoms. The Morgan fingerprint density at radius 1 is 1.41 bits per heavy atom. The Bertz CT molecular complexity index is 486. The van der Waals surface area contributed by atoms with E-state index >= 15 is 0 Å². The van der Waals surface area contributed by atoms with E-state index in [2.05, 4.69) is 27.2 Å². The number of thioether (sulfide) groups is 1. The SMILES string of the molecule is CCc1nccn1-c1cc(NC)nc(SC)n1. The first-order valence-electron chi connectivity index (χ1n) is 5.42. The fraction of sp³-hybridized carbons (Fsp3) is 0.364. The number of anilines is 1. The van der Waals surface area contributed by atoms with Gasteiger partial charge in [-0.2, -0.15) is 0 Å². The van der Waals surface area contributed by atoms with Crippen LogP contribution in [-0.2, 0) is 6.42 Å². The first-order valence-corrected chi connectivity index (χ1v) is 6.64. The molecule has 0 aliphatic heterocycles. The molecule has 90 valence electrons. The van der Waals surface area contributed by atoms with Gasteiger partial charge in [-0.25, -0.2) is 15.0 Å². The van der Waals surface area contributed by atoms with E-state index in [1.807, 2.05) is 30.1 Å². The highest BCUT2D eigenvalue weighted by molar-refractivity contribution is 7.98. The van der Waals surface area contributed by atoms with Crippen LogP contribution in [0, 0.1) is 0 Å². The Hall–Kier alpha value is -1.56. The minimum Gasteiger partial charge on any atom is -0.373 e. The quantitative estimate of drug-likeness (QED) is 0.663. The van der Waals surface area contributed by atoms with Crippen molar-refractivity contribution in [1.82, 2.24) is 19.5 Å². The third kappa shape index (κ3) is 2.41. The van der Waals surface area contributed by atoms with E-state index in [4.69, 9.17) is 0 Å². The van der Waals surface area contributed by atoms with E-state index in [1.165, 1.54) is 11.8 Å². The molecule has 0 bridgehead atoms. The molecule has 0 aliphatic rings. The molecule has 0 saturated carbocycles. The maximum absolute atomic E-state index is 4.49. The second-order valence-corrected chi connectivity index (χ2v) is 4.19. The van der Waals surface area contributed by atoms with Gasteiger partial charge in [0.1, 0.15) is 17.5 Å². The monoisotopic (exact) mass is 249 g/mol. The Kier molecular flexibility index (Phi) is 3.63. The van der Waals surface area contributed by atoms with Gasteiger partial charge in [0, 0.05) is 31.9 Å². The van der Waals surface area contributed by atoms with Gasteiger partial charge in [-0.05, 0) is 6.26 Å². The molecular formula is C11H15N5S. The molecule has 17 heavy (non-hydrogen) atoms. The van der Waals surface area contributed by atoms with E-state index < -0.39 is 0 Å². The Labute approximate surface area is 105 Å². The molecule has 0 aliphatic carbocycles. The number of hydrogen-bond acceptors (Lipinski definition) is 5. The molecule has 6 heteroatoms. The Morgan fingerprint density at radius 2 is 2.24 bits per heavy atom. The lowest BCUT2D eigenvalue weighted by Gasteiger charge is -2.08. The standard InChI is InChI=1S/C11H15N5S/c1-4-9-13-5-6-16(9)10-7-8(12-2)14-11(15-10)17-3/h5-7H,4H2,1-3H3,(H,12,14,15). The normalized spacial score (nSPS) is 10.5. The third-order valence-electron chi connectivity index (χ3n) is 2.41. The highest BCUT2D eigenvalue weighted by Crippen LogP contribution is 2.17. The maximum atomic E-state index is 4.49. The lowest BCUT2D eigenvalue weighted by molar-refractivity contribution is 0.833. The van der Waals surface area contributed by atoms with E-state index in [0.29, 0.717) is 0 Å². The molecule has 0 amide bonds. The molecule has 2 rings (SSSR count). The number of rotatable bonds is 4. The van der Waals surface area contributed by atoms with Crippen molar-refractivity contribution in [2.24, 2.45) is 0 Å². The molecular weight excluding hydrogens is 234 g/mol. The topological polar surface area (TPSA) is 55.6 Å². The zero-order valence-electron chi connectivity index (χ0n) is 10.1. The third-order valence-corrected chi connectivity index (χ3v) is 2.96. The fourth-order valence-electron chi connectivity index (χ4n) is 1.56. The van der Waals surface area contributed by atoms with Crippen LogP contribution in [0.25, 0.3) is 5.82 Å². The smallest absolute Gasteiger partial charge is 0.191 e. The summed E-state index contributed by atoms with van der Waals surface area (Å²) in [6, 6.07) is 1.92. The number of nitrogens with one attached hydrogen (secondary N) is 1. The summed E-state index contributed by atoms with van der Waals surface area (Å²) in [6.07, 6.45) is 6.55. The van der Waals surface area contributed by atoms with Gasteiger partial charge in [0.2, 0.25) is 0 Å². The number of imidazole rings is 1. The minimum atomic E-state index is 0.752. The number of aromatic nitrogens is 4. The van der Waals surface area contributed by atoms with E-state index in [-0.39, 0.29) is 0 Å². The molecule has 0 radical (unpaired) electrons. The summed E-state index contributed by atoms with van der Waals surface area (Å²) in [5.74, 6) is 2.66. The molecule has 0 atom stereocenters. The van der Waals surface area contributed by atoms with Crippen LogP contribution in [-0.4, -0.2) is 32.8 Å². The highest BCUT2D eigenvalue weighted by Gasteiger charge is 2.08. The van der Waals surface area contributed by atoms with Crippen LogP contribution in [0.4, 0.5) is 5.82 Å². The molecule has 0 unspecified atom stereocenters.